The number of rotatable bonds is 4. The van der Waals surface area contributed by atoms with Crippen LogP contribution in [0.25, 0.3) is 16.9 Å². The highest BCUT2D eigenvalue weighted by atomic mass is 35.5. The highest BCUT2D eigenvalue weighted by molar-refractivity contribution is 6.29. The lowest BCUT2D eigenvalue weighted by Crippen LogP contribution is -2.17. The molecule has 1 amide bonds. The van der Waals surface area contributed by atoms with Gasteiger partial charge in [0.25, 0.3) is 5.91 Å². The molecular weight excluding hydrogens is 378 g/mol. The molecule has 8 nitrogen and oxygen atoms in total. The van der Waals surface area contributed by atoms with Gasteiger partial charge in [-0.05, 0) is 36.8 Å². The number of fused-ring (bicyclic) bond motifs is 1. The van der Waals surface area contributed by atoms with E-state index in [2.05, 4.69) is 30.7 Å². The fourth-order valence-corrected chi connectivity index (χ4v) is 2.96. The molecule has 0 unspecified atom stereocenters. The van der Waals surface area contributed by atoms with Gasteiger partial charge in [0.1, 0.15) is 17.3 Å². The van der Waals surface area contributed by atoms with Crippen molar-refractivity contribution in [2.24, 2.45) is 0 Å². The van der Waals surface area contributed by atoms with E-state index >= 15 is 0 Å². The van der Waals surface area contributed by atoms with E-state index < -0.39 is 0 Å². The third-order valence-electron chi connectivity index (χ3n) is 4.26. The Balaban J connectivity index is 1.76. The number of hydrogen-bond acceptors (Lipinski definition) is 6. The second kappa shape index (κ2) is 7.24. The van der Waals surface area contributed by atoms with Crippen molar-refractivity contribution >= 4 is 40.0 Å². The van der Waals surface area contributed by atoms with E-state index in [-0.39, 0.29) is 5.91 Å². The molecule has 4 rings (SSSR count). The Morgan fingerprint density at radius 2 is 2.04 bits per heavy atom. The van der Waals surface area contributed by atoms with Gasteiger partial charge in [0.05, 0.1) is 11.6 Å². The SMILES string of the molecule is CNC(=O)c1ccc(C)c(Nc2ncnc3c2cnn3-c2cccc(Cl)n2)c1. The third-order valence-corrected chi connectivity index (χ3v) is 4.47. The Labute approximate surface area is 165 Å². The molecule has 0 aliphatic rings. The van der Waals surface area contributed by atoms with Crippen molar-refractivity contribution in [2.45, 2.75) is 6.92 Å². The molecule has 1 aromatic carbocycles. The van der Waals surface area contributed by atoms with Crippen molar-refractivity contribution in [3.05, 3.63) is 65.2 Å². The summed E-state index contributed by atoms with van der Waals surface area (Å²) in [6.45, 7) is 1.95. The molecule has 9 heteroatoms. The van der Waals surface area contributed by atoms with Gasteiger partial charge in [-0.3, -0.25) is 4.79 Å². The van der Waals surface area contributed by atoms with E-state index in [0.29, 0.717) is 33.4 Å². The number of halogens is 1. The number of pyridine rings is 1. The van der Waals surface area contributed by atoms with Gasteiger partial charge < -0.3 is 10.6 Å². The molecule has 0 saturated carbocycles. The molecule has 0 radical (unpaired) electrons. The molecule has 2 N–H and O–H groups in total. The molecule has 4 aromatic rings. The van der Waals surface area contributed by atoms with Gasteiger partial charge in [-0.1, -0.05) is 23.7 Å². The monoisotopic (exact) mass is 393 g/mol. The number of nitrogens with zero attached hydrogens (tertiary/aromatic N) is 5. The van der Waals surface area contributed by atoms with Crippen LogP contribution in [-0.4, -0.2) is 37.7 Å². The molecule has 140 valence electrons. The maximum atomic E-state index is 11.9. The minimum Gasteiger partial charge on any atom is -0.355 e. The maximum Gasteiger partial charge on any atom is 0.251 e. The van der Waals surface area contributed by atoms with Gasteiger partial charge in [-0.15, -0.1) is 0 Å². The third kappa shape index (κ3) is 3.25. The average Bonchev–Trinajstić information content (AvgIpc) is 3.14. The van der Waals surface area contributed by atoms with Crippen molar-refractivity contribution in [3.63, 3.8) is 0 Å². The van der Waals surface area contributed by atoms with E-state index in [1.165, 1.54) is 6.33 Å². The lowest BCUT2D eigenvalue weighted by molar-refractivity contribution is 0.0963. The topological polar surface area (TPSA) is 97.6 Å². The Bertz CT molecular complexity index is 1190. The number of hydrogen-bond donors (Lipinski definition) is 2. The molecule has 3 heterocycles. The van der Waals surface area contributed by atoms with E-state index in [0.717, 1.165) is 11.3 Å². The fourth-order valence-electron chi connectivity index (χ4n) is 2.80. The molecule has 0 spiro atoms. The summed E-state index contributed by atoms with van der Waals surface area (Å²) in [7, 11) is 1.60. The van der Waals surface area contributed by atoms with Gasteiger partial charge in [0.15, 0.2) is 11.5 Å². The summed E-state index contributed by atoms with van der Waals surface area (Å²) in [6, 6.07) is 10.7. The summed E-state index contributed by atoms with van der Waals surface area (Å²) in [5.41, 5.74) is 2.89. The Morgan fingerprint density at radius 1 is 1.18 bits per heavy atom. The van der Waals surface area contributed by atoms with Crippen LogP contribution in [0.5, 0.6) is 0 Å². The summed E-state index contributed by atoms with van der Waals surface area (Å²) < 4.78 is 1.60. The van der Waals surface area contributed by atoms with Crippen LogP contribution in [0.2, 0.25) is 5.15 Å². The van der Waals surface area contributed by atoms with Crippen LogP contribution in [0.15, 0.2) is 48.9 Å². The highest BCUT2D eigenvalue weighted by Gasteiger charge is 2.14. The number of carbonyl (C=O) groups is 1. The minimum atomic E-state index is -0.157. The van der Waals surface area contributed by atoms with Crippen LogP contribution >= 0.6 is 11.6 Å². The van der Waals surface area contributed by atoms with Gasteiger partial charge in [0, 0.05) is 18.3 Å². The van der Waals surface area contributed by atoms with E-state index in [1.807, 2.05) is 13.0 Å². The number of benzene rings is 1. The van der Waals surface area contributed by atoms with Crippen LogP contribution in [0, 0.1) is 6.92 Å². The zero-order valence-electron chi connectivity index (χ0n) is 15.1. The second-order valence-corrected chi connectivity index (χ2v) is 6.46. The summed E-state index contributed by atoms with van der Waals surface area (Å²) in [4.78, 5) is 24.9. The number of amides is 1. The summed E-state index contributed by atoms with van der Waals surface area (Å²) >= 11 is 5.99. The van der Waals surface area contributed by atoms with Crippen molar-refractivity contribution in [3.8, 4) is 5.82 Å². The van der Waals surface area contributed by atoms with E-state index in [1.54, 1.807) is 48.3 Å². The number of aryl methyl sites for hydroxylation is 1. The van der Waals surface area contributed by atoms with Gasteiger partial charge in [-0.25, -0.2) is 15.0 Å². The first-order valence-electron chi connectivity index (χ1n) is 8.48. The number of carbonyl (C=O) groups excluding carboxylic acids is 1. The minimum absolute atomic E-state index is 0.157. The summed E-state index contributed by atoms with van der Waals surface area (Å²) in [5, 5.41) is 11.4. The van der Waals surface area contributed by atoms with Crippen LogP contribution in [0.3, 0.4) is 0 Å². The molecule has 3 aromatic heterocycles. The zero-order valence-corrected chi connectivity index (χ0v) is 15.9. The van der Waals surface area contributed by atoms with E-state index in [4.69, 9.17) is 11.6 Å². The second-order valence-electron chi connectivity index (χ2n) is 6.07. The predicted octanol–water partition coefficient (Wildman–Crippen LogP) is 3.28. The van der Waals surface area contributed by atoms with Gasteiger partial charge in [-0.2, -0.15) is 9.78 Å². The lowest BCUT2D eigenvalue weighted by Gasteiger charge is -2.11. The van der Waals surface area contributed by atoms with Crippen LogP contribution in [0.1, 0.15) is 15.9 Å². The van der Waals surface area contributed by atoms with Crippen molar-refractivity contribution in [1.29, 1.82) is 0 Å². The number of anilines is 2. The van der Waals surface area contributed by atoms with E-state index in [9.17, 15) is 4.79 Å². The number of nitrogens with one attached hydrogen (secondary N) is 2. The first kappa shape index (κ1) is 17.9. The Morgan fingerprint density at radius 3 is 2.82 bits per heavy atom. The molecular formula is C19H16ClN7O. The predicted molar refractivity (Wildman–Crippen MR) is 107 cm³/mol. The molecule has 0 atom stereocenters. The highest BCUT2D eigenvalue weighted by Crippen LogP contribution is 2.26. The lowest BCUT2D eigenvalue weighted by atomic mass is 10.1. The molecule has 0 aliphatic carbocycles. The van der Waals surface area contributed by atoms with Crippen LogP contribution in [-0.2, 0) is 0 Å². The van der Waals surface area contributed by atoms with Crippen LogP contribution in [0.4, 0.5) is 11.5 Å². The van der Waals surface area contributed by atoms with Crippen molar-refractivity contribution in [2.75, 3.05) is 12.4 Å². The molecule has 0 fully saturated rings. The zero-order chi connectivity index (χ0) is 19.7. The summed E-state index contributed by atoms with van der Waals surface area (Å²) in [5.74, 6) is 0.983. The fraction of sp³-hybridized carbons (Fsp3) is 0.105. The smallest absolute Gasteiger partial charge is 0.251 e. The van der Waals surface area contributed by atoms with Crippen molar-refractivity contribution in [1.82, 2.24) is 30.0 Å². The molecule has 0 saturated heterocycles. The van der Waals surface area contributed by atoms with Crippen molar-refractivity contribution < 1.29 is 4.79 Å². The maximum absolute atomic E-state index is 11.9. The Kier molecular flexibility index (Phi) is 4.62. The van der Waals surface area contributed by atoms with Gasteiger partial charge >= 0.3 is 0 Å². The normalized spacial score (nSPS) is 10.8. The first-order valence-corrected chi connectivity index (χ1v) is 8.86. The van der Waals surface area contributed by atoms with Crippen LogP contribution < -0.4 is 10.6 Å². The summed E-state index contributed by atoms with van der Waals surface area (Å²) in [6.07, 6.45) is 3.11. The Hall–Kier alpha value is -3.52. The first-order chi connectivity index (χ1) is 13.6. The molecule has 28 heavy (non-hydrogen) atoms. The largest absolute Gasteiger partial charge is 0.355 e. The standard InChI is InChI=1S/C19H16ClN7O/c1-11-6-7-12(19(28)21-2)8-14(11)25-17-13-9-24-27(18(13)23-10-22-17)16-5-3-4-15(20)26-16/h3-10H,1-2H3,(H,21,28)(H,22,23,25). The van der Waals surface area contributed by atoms with Gasteiger partial charge in [0.2, 0.25) is 0 Å². The molecule has 0 bridgehead atoms. The average molecular weight is 394 g/mol. The number of aromatic nitrogens is 5. The molecule has 0 aliphatic heterocycles. The quantitative estimate of drug-likeness (QED) is 0.516.